The molecule has 5 nitrogen and oxygen atoms in total. The molecule has 3 fully saturated rings. The summed E-state index contributed by atoms with van der Waals surface area (Å²) in [5.41, 5.74) is 0. The van der Waals surface area contributed by atoms with Crippen molar-refractivity contribution in [2.24, 2.45) is 11.8 Å². The molecule has 1 aliphatic carbocycles. The highest BCUT2D eigenvalue weighted by Gasteiger charge is 2.46. The fourth-order valence-corrected chi connectivity index (χ4v) is 4.21. The number of carbonyl (C=O) groups is 2. The minimum atomic E-state index is -0.372. The molecule has 4 unspecified atom stereocenters. The second-order valence-electron chi connectivity index (χ2n) is 6.31. The summed E-state index contributed by atoms with van der Waals surface area (Å²) in [4.78, 5) is 26.5. The number of nitrogens with one attached hydrogen (secondary N) is 1. The Bertz CT molecular complexity index is 399. The zero-order valence-corrected chi connectivity index (χ0v) is 12.1. The molecule has 20 heavy (non-hydrogen) atoms. The number of fused-ring (bicyclic) bond motifs is 1. The van der Waals surface area contributed by atoms with Gasteiger partial charge in [0.1, 0.15) is 6.04 Å². The van der Waals surface area contributed by atoms with Gasteiger partial charge in [0.25, 0.3) is 0 Å². The van der Waals surface area contributed by atoms with Crippen LogP contribution in [0.5, 0.6) is 0 Å². The van der Waals surface area contributed by atoms with Crippen LogP contribution in [0.1, 0.15) is 38.5 Å². The van der Waals surface area contributed by atoms with Crippen LogP contribution >= 0.6 is 0 Å². The summed E-state index contributed by atoms with van der Waals surface area (Å²) in [5.74, 6) is 0.988. The number of carbonyl (C=O) groups excluding carboxylic acids is 2. The lowest BCUT2D eigenvalue weighted by Crippen LogP contribution is -2.54. The molecule has 1 N–H and O–H groups in total. The van der Waals surface area contributed by atoms with Gasteiger partial charge in [-0.1, -0.05) is 6.42 Å². The molecular formula is C15H24N2O3. The Labute approximate surface area is 120 Å². The first kappa shape index (κ1) is 13.9. The smallest absolute Gasteiger partial charge is 0.328 e. The summed E-state index contributed by atoms with van der Waals surface area (Å²) in [6.07, 6.45) is 6.33. The molecule has 0 aromatic rings. The minimum Gasteiger partial charge on any atom is -0.467 e. The van der Waals surface area contributed by atoms with Crippen LogP contribution in [0.2, 0.25) is 0 Å². The van der Waals surface area contributed by atoms with Crippen LogP contribution in [0, 0.1) is 11.8 Å². The van der Waals surface area contributed by atoms with Gasteiger partial charge in [-0.05, 0) is 50.5 Å². The largest absolute Gasteiger partial charge is 0.467 e. The van der Waals surface area contributed by atoms with Gasteiger partial charge in [-0.2, -0.15) is 0 Å². The van der Waals surface area contributed by atoms with Crippen LogP contribution in [-0.4, -0.2) is 49.1 Å². The SMILES string of the molecule is COC(=O)C1CCCCN1C(=O)C1NCC2CCCC21. The van der Waals surface area contributed by atoms with Crippen molar-refractivity contribution in [3.05, 3.63) is 0 Å². The first-order valence-electron chi connectivity index (χ1n) is 7.84. The van der Waals surface area contributed by atoms with E-state index in [1.165, 1.54) is 20.0 Å². The van der Waals surface area contributed by atoms with Gasteiger partial charge in [0, 0.05) is 6.54 Å². The van der Waals surface area contributed by atoms with Crippen molar-refractivity contribution in [1.29, 1.82) is 0 Å². The van der Waals surface area contributed by atoms with Crippen LogP contribution in [0.4, 0.5) is 0 Å². The summed E-state index contributed by atoms with van der Waals surface area (Å²) in [5, 5.41) is 3.39. The monoisotopic (exact) mass is 280 g/mol. The van der Waals surface area contributed by atoms with Gasteiger partial charge < -0.3 is 15.0 Å². The molecule has 0 aromatic heterocycles. The number of nitrogens with zero attached hydrogens (tertiary/aromatic N) is 1. The number of methoxy groups -OCH3 is 1. The molecule has 2 saturated heterocycles. The number of piperidine rings is 1. The molecule has 112 valence electrons. The van der Waals surface area contributed by atoms with Crippen LogP contribution in [0.3, 0.4) is 0 Å². The lowest BCUT2D eigenvalue weighted by atomic mass is 9.92. The summed E-state index contributed by atoms with van der Waals surface area (Å²) in [6.45, 7) is 1.64. The van der Waals surface area contributed by atoms with E-state index < -0.39 is 0 Å². The highest BCUT2D eigenvalue weighted by molar-refractivity contribution is 5.88. The molecule has 2 aliphatic heterocycles. The summed E-state index contributed by atoms with van der Waals surface area (Å²) in [7, 11) is 1.40. The van der Waals surface area contributed by atoms with Gasteiger partial charge in [-0.3, -0.25) is 4.79 Å². The van der Waals surface area contributed by atoms with E-state index in [-0.39, 0.29) is 24.0 Å². The number of esters is 1. The third kappa shape index (κ3) is 2.32. The summed E-state index contributed by atoms with van der Waals surface area (Å²) >= 11 is 0. The van der Waals surface area contributed by atoms with E-state index >= 15 is 0 Å². The van der Waals surface area contributed by atoms with Gasteiger partial charge in [0.2, 0.25) is 5.91 Å². The summed E-state index contributed by atoms with van der Waals surface area (Å²) in [6, 6.07) is -0.448. The summed E-state index contributed by atoms with van der Waals surface area (Å²) < 4.78 is 4.87. The molecule has 0 bridgehead atoms. The fourth-order valence-electron chi connectivity index (χ4n) is 4.21. The third-order valence-corrected chi connectivity index (χ3v) is 5.27. The molecule has 0 spiro atoms. The van der Waals surface area contributed by atoms with Crippen molar-refractivity contribution in [1.82, 2.24) is 10.2 Å². The molecule has 1 saturated carbocycles. The second-order valence-corrected chi connectivity index (χ2v) is 6.31. The van der Waals surface area contributed by atoms with E-state index in [9.17, 15) is 9.59 Å². The molecular weight excluding hydrogens is 256 g/mol. The van der Waals surface area contributed by atoms with Crippen LogP contribution in [0.25, 0.3) is 0 Å². The fraction of sp³-hybridized carbons (Fsp3) is 0.867. The Balaban J connectivity index is 1.72. The Morgan fingerprint density at radius 1 is 1.15 bits per heavy atom. The molecule has 3 rings (SSSR count). The predicted octanol–water partition coefficient (Wildman–Crippen LogP) is 0.929. The Morgan fingerprint density at radius 3 is 2.80 bits per heavy atom. The number of rotatable bonds is 2. The standard InChI is InChI=1S/C15H24N2O3/c1-20-15(19)12-7-2-3-8-17(12)14(18)13-11-6-4-5-10(11)9-16-13/h10-13,16H,2-9H2,1H3. The maximum absolute atomic E-state index is 12.8. The van der Waals surface area contributed by atoms with Gasteiger partial charge in [0.05, 0.1) is 13.2 Å². The highest BCUT2D eigenvalue weighted by Crippen LogP contribution is 2.38. The van der Waals surface area contributed by atoms with Crippen molar-refractivity contribution in [2.45, 2.75) is 50.6 Å². The average Bonchev–Trinajstić information content (AvgIpc) is 3.08. The van der Waals surface area contributed by atoms with Gasteiger partial charge in [0.15, 0.2) is 0 Å². The molecule has 4 atom stereocenters. The normalized spacial score (nSPS) is 36.8. The Hall–Kier alpha value is -1.10. The topological polar surface area (TPSA) is 58.6 Å². The zero-order chi connectivity index (χ0) is 14.1. The van der Waals surface area contributed by atoms with Crippen molar-refractivity contribution >= 4 is 11.9 Å². The molecule has 1 amide bonds. The molecule has 0 aromatic carbocycles. The van der Waals surface area contributed by atoms with E-state index in [1.807, 2.05) is 0 Å². The van der Waals surface area contributed by atoms with Crippen molar-refractivity contribution in [3.63, 3.8) is 0 Å². The van der Waals surface area contributed by atoms with Gasteiger partial charge in [-0.25, -0.2) is 4.79 Å². The third-order valence-electron chi connectivity index (χ3n) is 5.27. The second kappa shape index (κ2) is 5.72. The van der Waals surface area contributed by atoms with Crippen molar-refractivity contribution in [3.8, 4) is 0 Å². The zero-order valence-electron chi connectivity index (χ0n) is 12.1. The van der Waals surface area contributed by atoms with Crippen LogP contribution in [0.15, 0.2) is 0 Å². The van der Waals surface area contributed by atoms with Gasteiger partial charge in [-0.15, -0.1) is 0 Å². The highest BCUT2D eigenvalue weighted by atomic mass is 16.5. The minimum absolute atomic E-state index is 0.0762. The number of hydrogen-bond acceptors (Lipinski definition) is 4. The number of hydrogen-bond donors (Lipinski definition) is 1. The first-order chi connectivity index (χ1) is 9.72. The van der Waals surface area contributed by atoms with E-state index in [0.29, 0.717) is 18.4 Å². The van der Waals surface area contributed by atoms with Crippen LogP contribution in [-0.2, 0) is 14.3 Å². The lowest BCUT2D eigenvalue weighted by Gasteiger charge is -2.36. The quantitative estimate of drug-likeness (QED) is 0.765. The molecule has 2 heterocycles. The predicted molar refractivity (Wildman–Crippen MR) is 74.0 cm³/mol. The maximum atomic E-state index is 12.8. The first-order valence-corrected chi connectivity index (χ1v) is 7.84. The van der Waals surface area contributed by atoms with E-state index in [4.69, 9.17) is 4.74 Å². The molecule has 5 heteroatoms. The van der Waals surface area contributed by atoms with Gasteiger partial charge >= 0.3 is 5.97 Å². The van der Waals surface area contributed by atoms with E-state index in [0.717, 1.165) is 32.2 Å². The van der Waals surface area contributed by atoms with Crippen molar-refractivity contribution < 1.29 is 14.3 Å². The molecule has 0 radical (unpaired) electrons. The van der Waals surface area contributed by atoms with E-state index in [2.05, 4.69) is 5.32 Å². The Morgan fingerprint density at radius 2 is 2.00 bits per heavy atom. The Kier molecular flexibility index (Phi) is 3.96. The molecule has 3 aliphatic rings. The lowest BCUT2D eigenvalue weighted by molar-refractivity contribution is -0.155. The number of likely N-dealkylation sites (tertiary alicyclic amines) is 1. The average molecular weight is 280 g/mol. The number of amides is 1. The maximum Gasteiger partial charge on any atom is 0.328 e. The van der Waals surface area contributed by atoms with Crippen molar-refractivity contribution in [2.75, 3.05) is 20.2 Å². The number of ether oxygens (including phenoxy) is 1. The van der Waals surface area contributed by atoms with Crippen LogP contribution < -0.4 is 5.32 Å². The van der Waals surface area contributed by atoms with E-state index in [1.54, 1.807) is 4.90 Å².